The number of hydrogen-bond acceptors (Lipinski definition) is 5. The number of nitrogens with zero attached hydrogens (tertiary/aromatic N) is 2. The molecule has 5 nitrogen and oxygen atoms in total. The Hall–Kier alpha value is -1.90. The number of benzene rings is 1. The molecule has 0 radical (unpaired) electrons. The quantitative estimate of drug-likeness (QED) is 0.867. The molecule has 0 bridgehead atoms. The van der Waals surface area contributed by atoms with Gasteiger partial charge in [0, 0.05) is 6.92 Å². The van der Waals surface area contributed by atoms with E-state index in [9.17, 15) is 5.26 Å². The number of ether oxygens (including phenoxy) is 1. The lowest BCUT2D eigenvalue weighted by Crippen LogP contribution is -2.49. The topological polar surface area (TPSA) is 85.1 Å². The van der Waals surface area contributed by atoms with Crippen LogP contribution in [0, 0.1) is 23.7 Å². The minimum Gasteiger partial charge on any atom is -0.441 e. The lowest BCUT2D eigenvalue weighted by molar-refractivity contribution is -0.0910. The summed E-state index contributed by atoms with van der Waals surface area (Å²) in [5, 5.41) is 9.24. The molecule has 92 valence electrons. The SMILES string of the molecule is Cc1nc2ccc(C(N)C3(C#N)COC3)cc2o1. The summed E-state index contributed by atoms with van der Waals surface area (Å²) in [7, 11) is 0. The van der Waals surface area contributed by atoms with Gasteiger partial charge in [-0.25, -0.2) is 4.98 Å². The summed E-state index contributed by atoms with van der Waals surface area (Å²) in [6, 6.07) is 7.52. The van der Waals surface area contributed by atoms with Crippen molar-refractivity contribution in [3.63, 3.8) is 0 Å². The van der Waals surface area contributed by atoms with Gasteiger partial charge in [0.15, 0.2) is 11.5 Å². The molecular formula is C13H13N3O2. The van der Waals surface area contributed by atoms with Crippen LogP contribution in [0.1, 0.15) is 17.5 Å². The van der Waals surface area contributed by atoms with E-state index in [4.69, 9.17) is 14.9 Å². The van der Waals surface area contributed by atoms with Gasteiger partial charge in [0.25, 0.3) is 0 Å². The lowest BCUT2D eigenvalue weighted by Gasteiger charge is -2.39. The molecule has 0 saturated carbocycles. The van der Waals surface area contributed by atoms with Gasteiger partial charge in [0.1, 0.15) is 10.9 Å². The number of oxazole rings is 1. The van der Waals surface area contributed by atoms with Crippen molar-refractivity contribution in [2.24, 2.45) is 11.1 Å². The fourth-order valence-corrected chi connectivity index (χ4v) is 2.20. The molecule has 1 fully saturated rings. The largest absolute Gasteiger partial charge is 0.441 e. The highest BCUT2D eigenvalue weighted by atomic mass is 16.5. The first kappa shape index (κ1) is 11.2. The Morgan fingerprint density at radius 3 is 2.89 bits per heavy atom. The van der Waals surface area contributed by atoms with E-state index in [1.54, 1.807) is 6.92 Å². The van der Waals surface area contributed by atoms with E-state index in [1.165, 1.54) is 0 Å². The van der Waals surface area contributed by atoms with Crippen molar-refractivity contribution in [3.05, 3.63) is 29.7 Å². The Balaban J connectivity index is 2.01. The van der Waals surface area contributed by atoms with Crippen LogP contribution in [0.15, 0.2) is 22.6 Å². The van der Waals surface area contributed by atoms with Gasteiger partial charge in [-0.15, -0.1) is 0 Å². The van der Waals surface area contributed by atoms with Crippen LogP contribution in [-0.2, 0) is 4.74 Å². The van der Waals surface area contributed by atoms with Crippen LogP contribution in [0.25, 0.3) is 11.1 Å². The monoisotopic (exact) mass is 243 g/mol. The number of rotatable bonds is 2. The van der Waals surface area contributed by atoms with E-state index >= 15 is 0 Å². The van der Waals surface area contributed by atoms with Crippen molar-refractivity contribution in [1.29, 1.82) is 5.26 Å². The molecule has 18 heavy (non-hydrogen) atoms. The van der Waals surface area contributed by atoms with E-state index in [1.807, 2.05) is 18.2 Å². The summed E-state index contributed by atoms with van der Waals surface area (Å²) in [5.41, 5.74) is 7.96. The summed E-state index contributed by atoms with van der Waals surface area (Å²) < 4.78 is 10.6. The maximum atomic E-state index is 9.24. The third kappa shape index (κ3) is 1.50. The molecule has 1 unspecified atom stereocenters. The van der Waals surface area contributed by atoms with Crippen molar-refractivity contribution in [1.82, 2.24) is 4.98 Å². The van der Waals surface area contributed by atoms with Crippen molar-refractivity contribution >= 4 is 11.1 Å². The Morgan fingerprint density at radius 1 is 1.50 bits per heavy atom. The molecule has 2 heterocycles. The van der Waals surface area contributed by atoms with E-state index in [-0.39, 0.29) is 6.04 Å². The Morgan fingerprint density at radius 2 is 2.28 bits per heavy atom. The highest BCUT2D eigenvalue weighted by Gasteiger charge is 2.45. The highest BCUT2D eigenvalue weighted by molar-refractivity contribution is 5.73. The molecule has 0 spiro atoms. The van der Waals surface area contributed by atoms with Gasteiger partial charge in [-0.2, -0.15) is 5.26 Å². The average Bonchev–Trinajstić information content (AvgIpc) is 2.67. The number of aryl methyl sites for hydroxylation is 1. The maximum absolute atomic E-state index is 9.24. The number of nitrogens with two attached hydrogens (primary N) is 1. The molecule has 1 aromatic heterocycles. The Bertz CT molecular complexity index is 637. The Kier molecular flexibility index (Phi) is 2.37. The highest BCUT2D eigenvalue weighted by Crippen LogP contribution is 2.39. The van der Waals surface area contributed by atoms with Gasteiger partial charge in [-0.3, -0.25) is 0 Å². The maximum Gasteiger partial charge on any atom is 0.192 e. The lowest BCUT2D eigenvalue weighted by atomic mass is 9.77. The zero-order valence-corrected chi connectivity index (χ0v) is 10.0. The summed E-state index contributed by atoms with van der Waals surface area (Å²) in [5.74, 6) is 0.623. The molecule has 0 amide bonds. The first-order chi connectivity index (χ1) is 8.64. The zero-order valence-electron chi connectivity index (χ0n) is 10.0. The fraction of sp³-hybridized carbons (Fsp3) is 0.385. The van der Waals surface area contributed by atoms with Gasteiger partial charge in [0.05, 0.1) is 25.3 Å². The molecule has 1 aliphatic heterocycles. The zero-order chi connectivity index (χ0) is 12.8. The number of fused-ring (bicyclic) bond motifs is 1. The van der Waals surface area contributed by atoms with Gasteiger partial charge < -0.3 is 14.9 Å². The average molecular weight is 243 g/mol. The Labute approximate surface area is 104 Å². The summed E-state index contributed by atoms with van der Waals surface area (Å²) >= 11 is 0. The molecule has 3 rings (SSSR count). The van der Waals surface area contributed by atoms with Gasteiger partial charge >= 0.3 is 0 Å². The van der Waals surface area contributed by atoms with Crippen LogP contribution in [-0.4, -0.2) is 18.2 Å². The second-order valence-electron chi connectivity index (χ2n) is 4.70. The number of hydrogen-bond donors (Lipinski definition) is 1. The van der Waals surface area contributed by atoms with Crippen LogP contribution < -0.4 is 5.73 Å². The minimum absolute atomic E-state index is 0.369. The summed E-state index contributed by atoms with van der Waals surface area (Å²) in [6.07, 6.45) is 0. The van der Waals surface area contributed by atoms with E-state index in [0.29, 0.717) is 24.7 Å². The second-order valence-corrected chi connectivity index (χ2v) is 4.70. The minimum atomic E-state index is -0.608. The van der Waals surface area contributed by atoms with Gasteiger partial charge in [0.2, 0.25) is 0 Å². The molecule has 2 N–H and O–H groups in total. The van der Waals surface area contributed by atoms with Crippen molar-refractivity contribution in [3.8, 4) is 6.07 Å². The van der Waals surface area contributed by atoms with Crippen molar-refractivity contribution in [2.45, 2.75) is 13.0 Å². The molecule has 1 atom stereocenters. The summed E-state index contributed by atoms with van der Waals surface area (Å²) in [4.78, 5) is 4.23. The third-order valence-electron chi connectivity index (χ3n) is 3.42. The van der Waals surface area contributed by atoms with Crippen LogP contribution in [0.5, 0.6) is 0 Å². The molecule has 0 aliphatic carbocycles. The van der Waals surface area contributed by atoms with Crippen LogP contribution in [0.4, 0.5) is 0 Å². The smallest absolute Gasteiger partial charge is 0.192 e. The fourth-order valence-electron chi connectivity index (χ4n) is 2.20. The molecule has 1 saturated heterocycles. The number of aromatic nitrogens is 1. The van der Waals surface area contributed by atoms with Crippen LogP contribution in [0.2, 0.25) is 0 Å². The molecule has 2 aromatic rings. The summed E-state index contributed by atoms with van der Waals surface area (Å²) in [6.45, 7) is 2.58. The number of nitriles is 1. The van der Waals surface area contributed by atoms with Crippen molar-refractivity contribution in [2.75, 3.05) is 13.2 Å². The van der Waals surface area contributed by atoms with Crippen LogP contribution in [0.3, 0.4) is 0 Å². The standard InChI is InChI=1S/C13H13N3O2/c1-8-16-10-3-2-9(4-11(10)18-8)12(15)13(5-14)6-17-7-13/h2-4,12H,6-7,15H2,1H3. The first-order valence-electron chi connectivity index (χ1n) is 5.76. The van der Waals surface area contributed by atoms with Crippen molar-refractivity contribution < 1.29 is 9.15 Å². The van der Waals surface area contributed by atoms with E-state index in [2.05, 4.69) is 11.1 Å². The van der Waals surface area contributed by atoms with E-state index in [0.717, 1.165) is 11.1 Å². The second kappa shape index (κ2) is 3.80. The molecule has 1 aliphatic rings. The van der Waals surface area contributed by atoms with Crippen LogP contribution >= 0.6 is 0 Å². The molecule has 5 heteroatoms. The third-order valence-corrected chi connectivity index (χ3v) is 3.42. The van der Waals surface area contributed by atoms with Gasteiger partial charge in [-0.05, 0) is 17.7 Å². The predicted molar refractivity (Wildman–Crippen MR) is 64.5 cm³/mol. The molecule has 1 aromatic carbocycles. The van der Waals surface area contributed by atoms with Gasteiger partial charge in [-0.1, -0.05) is 6.07 Å². The normalized spacial score (nSPS) is 19.2. The molecular weight excluding hydrogens is 230 g/mol. The first-order valence-corrected chi connectivity index (χ1v) is 5.76. The predicted octanol–water partition coefficient (Wildman–Crippen LogP) is 1.68. The van der Waals surface area contributed by atoms with E-state index < -0.39 is 5.41 Å².